The first-order valence-corrected chi connectivity index (χ1v) is 2.41. The van der Waals surface area contributed by atoms with E-state index in [9.17, 15) is 0 Å². The molecule has 0 unspecified atom stereocenters. The Kier molecular flexibility index (Phi) is 4.53. The first-order valence-electron chi connectivity index (χ1n) is 2.41. The van der Waals surface area contributed by atoms with Gasteiger partial charge in [-0.25, -0.2) is 0 Å². The molecule has 0 aliphatic heterocycles. The molecule has 0 fully saturated rings. The van der Waals surface area contributed by atoms with E-state index in [1.807, 2.05) is 0 Å². The average Bonchev–Trinajstić information content (AvgIpc) is 1.61. The van der Waals surface area contributed by atoms with Crippen LogP contribution in [0.4, 0.5) is 0 Å². The zero-order valence-corrected chi connectivity index (χ0v) is 4.33. The number of allylic oxidation sites excluding steroid dienone is 1. The lowest BCUT2D eigenvalue weighted by atomic mass is 10.3. The maximum Gasteiger partial charge on any atom is -0.0282 e. The van der Waals surface area contributed by atoms with Crippen LogP contribution in [0.1, 0.15) is 26.2 Å². The number of rotatable bonds is 3. The summed E-state index contributed by atoms with van der Waals surface area (Å²) < 4.78 is 0. The Labute approximate surface area is 39.9 Å². The predicted molar refractivity (Wildman–Crippen MR) is 28.4 cm³/mol. The summed E-state index contributed by atoms with van der Waals surface area (Å²) in [6.45, 7) is 5.64. The summed E-state index contributed by atoms with van der Waals surface area (Å²) in [7, 11) is 0. The third kappa shape index (κ3) is 3.74. The third-order valence-corrected chi connectivity index (χ3v) is 0.707. The van der Waals surface area contributed by atoms with E-state index in [2.05, 4.69) is 19.6 Å². The second-order valence-electron chi connectivity index (χ2n) is 1.35. The zero-order chi connectivity index (χ0) is 4.83. The number of hydrogen-bond acceptors (Lipinski definition) is 0. The van der Waals surface area contributed by atoms with E-state index in [1.165, 1.54) is 12.8 Å². The van der Waals surface area contributed by atoms with Crippen molar-refractivity contribution < 1.29 is 0 Å². The monoisotopic (exact) mass is 83.1 g/mol. The van der Waals surface area contributed by atoms with Gasteiger partial charge in [-0.05, 0) is 12.8 Å². The Morgan fingerprint density at radius 2 is 2.33 bits per heavy atom. The van der Waals surface area contributed by atoms with Gasteiger partial charge in [0.15, 0.2) is 0 Å². The molecule has 0 heterocycles. The van der Waals surface area contributed by atoms with Crippen LogP contribution in [-0.4, -0.2) is 0 Å². The lowest BCUT2D eigenvalue weighted by Crippen LogP contribution is -1.62. The Morgan fingerprint density at radius 3 is 2.50 bits per heavy atom. The van der Waals surface area contributed by atoms with Gasteiger partial charge in [0, 0.05) is 0 Å². The van der Waals surface area contributed by atoms with E-state index in [1.54, 1.807) is 0 Å². The highest BCUT2D eigenvalue weighted by Gasteiger charge is 1.72. The molecule has 0 atom stereocenters. The normalized spacial score (nSPS) is 8.17. The van der Waals surface area contributed by atoms with Crippen LogP contribution in [0.25, 0.3) is 0 Å². The minimum absolute atomic E-state index is 1.05. The van der Waals surface area contributed by atoms with Crippen molar-refractivity contribution in [3.8, 4) is 0 Å². The lowest BCUT2D eigenvalue weighted by molar-refractivity contribution is 0.805. The van der Waals surface area contributed by atoms with E-state index in [0.717, 1.165) is 6.42 Å². The zero-order valence-electron chi connectivity index (χ0n) is 4.33. The van der Waals surface area contributed by atoms with Crippen molar-refractivity contribution in [3.63, 3.8) is 0 Å². The van der Waals surface area contributed by atoms with Gasteiger partial charge in [0.1, 0.15) is 0 Å². The van der Waals surface area contributed by atoms with Crippen LogP contribution in [0.5, 0.6) is 0 Å². The smallest absolute Gasteiger partial charge is 0.0282 e. The van der Waals surface area contributed by atoms with Gasteiger partial charge in [0.05, 0.1) is 0 Å². The van der Waals surface area contributed by atoms with Crippen molar-refractivity contribution in [2.45, 2.75) is 26.2 Å². The van der Waals surface area contributed by atoms with Crippen LogP contribution in [0, 0.1) is 6.08 Å². The molecule has 0 saturated carbocycles. The molecule has 0 nitrogen and oxygen atoms in total. The molecule has 0 spiro atoms. The first kappa shape index (κ1) is 5.74. The molecule has 0 bridgehead atoms. The fourth-order valence-corrected chi connectivity index (χ4v) is 0.302. The van der Waals surface area contributed by atoms with E-state index < -0.39 is 0 Å². The second kappa shape index (κ2) is 4.74. The van der Waals surface area contributed by atoms with Crippen molar-refractivity contribution in [2.75, 3.05) is 0 Å². The van der Waals surface area contributed by atoms with Crippen LogP contribution in [0.15, 0.2) is 6.58 Å². The second-order valence-corrected chi connectivity index (χ2v) is 1.35. The molecular weight excluding hydrogens is 72.1 g/mol. The van der Waals surface area contributed by atoms with Crippen LogP contribution in [0.2, 0.25) is 0 Å². The molecule has 0 N–H and O–H groups in total. The molecule has 6 heavy (non-hydrogen) atoms. The molecule has 0 heteroatoms. The minimum atomic E-state index is 1.05. The maximum atomic E-state index is 3.47. The molecular formula is C6H11. The highest BCUT2D eigenvalue weighted by atomic mass is 13.8. The Balaban J connectivity index is 2.49. The van der Waals surface area contributed by atoms with Crippen LogP contribution in [0.3, 0.4) is 0 Å². The Hall–Kier alpha value is -0.260. The maximum absolute atomic E-state index is 3.47. The molecule has 0 aliphatic carbocycles. The lowest BCUT2D eigenvalue weighted by Gasteiger charge is -1.81. The van der Waals surface area contributed by atoms with Gasteiger partial charge in [-0.3, -0.25) is 0 Å². The Morgan fingerprint density at radius 1 is 1.67 bits per heavy atom. The molecule has 0 amide bonds. The fourth-order valence-electron chi connectivity index (χ4n) is 0.302. The van der Waals surface area contributed by atoms with E-state index in [0.29, 0.717) is 0 Å². The molecule has 0 aromatic carbocycles. The van der Waals surface area contributed by atoms with Crippen molar-refractivity contribution in [3.05, 3.63) is 12.7 Å². The van der Waals surface area contributed by atoms with Gasteiger partial charge in [0.25, 0.3) is 0 Å². The molecule has 1 radical (unpaired) electrons. The molecule has 0 aliphatic rings. The van der Waals surface area contributed by atoms with Crippen molar-refractivity contribution in [1.29, 1.82) is 0 Å². The van der Waals surface area contributed by atoms with E-state index >= 15 is 0 Å². The van der Waals surface area contributed by atoms with Crippen LogP contribution in [-0.2, 0) is 0 Å². The van der Waals surface area contributed by atoms with Crippen molar-refractivity contribution in [1.82, 2.24) is 0 Å². The summed E-state index contributed by atoms with van der Waals surface area (Å²) in [5, 5.41) is 0. The summed E-state index contributed by atoms with van der Waals surface area (Å²) in [5.74, 6) is 0. The van der Waals surface area contributed by atoms with Gasteiger partial charge < -0.3 is 0 Å². The standard InChI is InChI=1S/C6H11/c1-3-5-6-4-2/h1,4-6H2,2H3. The summed E-state index contributed by atoms with van der Waals surface area (Å²) in [5.41, 5.74) is 0. The largest absolute Gasteiger partial charge is 0.0956 e. The third-order valence-electron chi connectivity index (χ3n) is 0.707. The topological polar surface area (TPSA) is 0 Å². The summed E-state index contributed by atoms with van der Waals surface area (Å²) in [4.78, 5) is 0. The average molecular weight is 83.2 g/mol. The summed E-state index contributed by atoms with van der Waals surface area (Å²) in [6, 6.07) is 0. The van der Waals surface area contributed by atoms with Crippen molar-refractivity contribution in [2.24, 2.45) is 0 Å². The first-order chi connectivity index (χ1) is 2.91. The predicted octanol–water partition coefficient (Wildman–Crippen LogP) is 2.17. The van der Waals surface area contributed by atoms with Crippen LogP contribution < -0.4 is 0 Å². The molecule has 0 saturated heterocycles. The molecule has 0 aromatic heterocycles. The van der Waals surface area contributed by atoms with Gasteiger partial charge in [-0.2, -0.15) is 0 Å². The molecule has 0 aromatic rings. The van der Waals surface area contributed by atoms with Crippen LogP contribution >= 0.6 is 0 Å². The highest BCUT2D eigenvalue weighted by Crippen LogP contribution is 1.90. The number of unbranched alkanes of at least 4 members (excludes halogenated alkanes) is 2. The minimum Gasteiger partial charge on any atom is -0.0956 e. The van der Waals surface area contributed by atoms with E-state index in [-0.39, 0.29) is 0 Å². The SMILES string of the molecule is C=[C]CCCC. The van der Waals surface area contributed by atoms with Gasteiger partial charge >= 0.3 is 0 Å². The van der Waals surface area contributed by atoms with Gasteiger partial charge in [-0.1, -0.05) is 26.0 Å². The Bertz CT molecular complexity index is 29.0. The van der Waals surface area contributed by atoms with Gasteiger partial charge in [0.2, 0.25) is 0 Å². The summed E-state index contributed by atoms with van der Waals surface area (Å²) >= 11 is 0. The fraction of sp³-hybridized carbons (Fsp3) is 0.667. The molecule has 0 rings (SSSR count). The summed E-state index contributed by atoms with van der Waals surface area (Å²) in [6.07, 6.45) is 6.36. The quantitative estimate of drug-likeness (QED) is 0.459. The van der Waals surface area contributed by atoms with Crippen molar-refractivity contribution >= 4 is 0 Å². The highest BCUT2D eigenvalue weighted by molar-refractivity contribution is 4.52. The van der Waals surface area contributed by atoms with Gasteiger partial charge in [-0.15, -0.1) is 0 Å². The molecule has 35 valence electrons. The number of hydrogen-bond donors (Lipinski definition) is 0. The van der Waals surface area contributed by atoms with E-state index in [4.69, 9.17) is 0 Å².